The second kappa shape index (κ2) is 8.65. The molecular weight excluding hydrogens is 500 g/mol. The van der Waals surface area contributed by atoms with Crippen molar-refractivity contribution in [1.82, 2.24) is 0 Å². The molecule has 0 radical (unpaired) electrons. The van der Waals surface area contributed by atoms with E-state index in [0.29, 0.717) is 23.2 Å². The second-order valence-electron chi connectivity index (χ2n) is 9.50. The predicted octanol–water partition coefficient (Wildman–Crippen LogP) is 4.40. The van der Waals surface area contributed by atoms with E-state index < -0.39 is 18.5 Å². The van der Waals surface area contributed by atoms with Crippen LogP contribution in [0.2, 0.25) is 0 Å². The Bertz CT molecular complexity index is 1170. The average Bonchev–Trinajstić information content (AvgIpc) is 3.49. The van der Waals surface area contributed by atoms with Crippen LogP contribution in [0.5, 0.6) is 0 Å². The molecule has 2 aromatic rings. The van der Waals surface area contributed by atoms with Gasteiger partial charge in [0, 0.05) is 10.2 Å². The Kier molecular flexibility index (Phi) is 5.80. The minimum Gasteiger partial charge on any atom is -0.452 e. The standard InChI is InChI=1S/C26H25BrN2O5/c1-13-8-18(9-14(2)23(13)27)28-20(30)12-34-26(33)17-4-3-5-19(11-17)29-24(31)21-15-6-7-16(10-15)22(21)25(29)32/h3-5,8-9,11,15-16,21-22H,6-7,10,12H2,1-2H3,(H,28,30)/t15-,16-,21-,22+/m0/s1. The summed E-state index contributed by atoms with van der Waals surface area (Å²) in [5, 5.41) is 2.73. The van der Waals surface area contributed by atoms with Gasteiger partial charge in [-0.15, -0.1) is 0 Å². The van der Waals surface area contributed by atoms with Gasteiger partial charge in [0.2, 0.25) is 11.8 Å². The number of benzene rings is 2. The van der Waals surface area contributed by atoms with Crippen molar-refractivity contribution < 1.29 is 23.9 Å². The molecule has 4 atom stereocenters. The van der Waals surface area contributed by atoms with Crippen LogP contribution in [0.15, 0.2) is 40.9 Å². The minimum absolute atomic E-state index is 0.160. The third-order valence-electron chi connectivity index (χ3n) is 7.32. The molecule has 2 aliphatic carbocycles. The first kappa shape index (κ1) is 22.8. The maximum atomic E-state index is 13.1. The summed E-state index contributed by atoms with van der Waals surface area (Å²) in [4.78, 5) is 52.3. The molecular formula is C26H25BrN2O5. The van der Waals surface area contributed by atoms with Crippen LogP contribution in [0.1, 0.15) is 40.7 Å². The van der Waals surface area contributed by atoms with Gasteiger partial charge in [-0.3, -0.25) is 19.3 Å². The van der Waals surface area contributed by atoms with Gasteiger partial charge in [0.15, 0.2) is 6.61 Å². The van der Waals surface area contributed by atoms with Crippen molar-refractivity contribution >= 4 is 51.0 Å². The molecule has 176 valence electrons. The highest BCUT2D eigenvalue weighted by Gasteiger charge is 2.61. The van der Waals surface area contributed by atoms with Crippen molar-refractivity contribution in [2.24, 2.45) is 23.7 Å². The molecule has 34 heavy (non-hydrogen) atoms. The zero-order valence-corrected chi connectivity index (χ0v) is 20.6. The van der Waals surface area contributed by atoms with Crippen molar-refractivity contribution in [1.29, 1.82) is 0 Å². The van der Waals surface area contributed by atoms with Crippen molar-refractivity contribution in [3.63, 3.8) is 0 Å². The fourth-order valence-electron chi connectivity index (χ4n) is 5.86. The first-order valence-corrected chi connectivity index (χ1v) is 12.3. The van der Waals surface area contributed by atoms with Crippen LogP contribution in [0, 0.1) is 37.5 Å². The van der Waals surface area contributed by atoms with Gasteiger partial charge in [-0.1, -0.05) is 22.0 Å². The molecule has 0 aromatic heterocycles. The summed E-state index contributed by atoms with van der Waals surface area (Å²) in [5.74, 6) is -1.34. The largest absolute Gasteiger partial charge is 0.452 e. The summed E-state index contributed by atoms with van der Waals surface area (Å²) in [5.41, 5.74) is 3.14. The van der Waals surface area contributed by atoms with Crippen molar-refractivity contribution in [2.45, 2.75) is 33.1 Å². The molecule has 7 nitrogen and oxygen atoms in total. The lowest BCUT2D eigenvalue weighted by atomic mass is 9.81. The number of carbonyl (C=O) groups is 4. The average molecular weight is 525 g/mol. The highest BCUT2D eigenvalue weighted by atomic mass is 79.9. The number of fused-ring (bicyclic) bond motifs is 5. The lowest BCUT2D eigenvalue weighted by Crippen LogP contribution is -2.32. The summed E-state index contributed by atoms with van der Waals surface area (Å²) in [7, 11) is 0. The number of anilines is 2. The number of ether oxygens (including phenoxy) is 1. The topological polar surface area (TPSA) is 92.8 Å². The molecule has 1 saturated heterocycles. The fourth-order valence-corrected chi connectivity index (χ4v) is 6.09. The van der Waals surface area contributed by atoms with Gasteiger partial charge in [0.1, 0.15) is 0 Å². The van der Waals surface area contributed by atoms with E-state index in [0.717, 1.165) is 34.9 Å². The van der Waals surface area contributed by atoms with E-state index >= 15 is 0 Å². The molecule has 3 fully saturated rings. The number of amides is 3. The highest BCUT2D eigenvalue weighted by molar-refractivity contribution is 9.10. The molecule has 2 aromatic carbocycles. The Balaban J connectivity index is 1.24. The van der Waals surface area contributed by atoms with E-state index in [2.05, 4.69) is 21.2 Å². The molecule has 2 saturated carbocycles. The van der Waals surface area contributed by atoms with Crippen LogP contribution in [0.3, 0.4) is 0 Å². The first-order chi connectivity index (χ1) is 16.2. The van der Waals surface area contributed by atoms with Gasteiger partial charge in [-0.25, -0.2) is 4.79 Å². The molecule has 8 heteroatoms. The molecule has 3 aliphatic rings. The maximum absolute atomic E-state index is 13.1. The van der Waals surface area contributed by atoms with Crippen LogP contribution in [-0.2, 0) is 19.1 Å². The van der Waals surface area contributed by atoms with Crippen LogP contribution in [-0.4, -0.2) is 30.3 Å². The SMILES string of the molecule is Cc1cc(NC(=O)COC(=O)c2cccc(N3C(=O)[C@@H]4[C@H]5CC[C@@H](C5)[C@@H]4C3=O)c2)cc(C)c1Br. The highest BCUT2D eigenvalue weighted by Crippen LogP contribution is 2.56. The Morgan fingerprint density at radius 2 is 1.65 bits per heavy atom. The minimum atomic E-state index is -0.695. The van der Waals surface area contributed by atoms with Crippen molar-refractivity contribution in [3.05, 3.63) is 57.6 Å². The number of carbonyl (C=O) groups excluding carboxylic acids is 4. The van der Waals surface area contributed by atoms with Crippen molar-refractivity contribution in [3.8, 4) is 0 Å². The number of esters is 1. The number of rotatable bonds is 5. The number of aryl methyl sites for hydroxylation is 2. The number of hydrogen-bond donors (Lipinski definition) is 1. The smallest absolute Gasteiger partial charge is 0.338 e. The first-order valence-electron chi connectivity index (χ1n) is 11.5. The molecule has 2 bridgehead atoms. The predicted molar refractivity (Wildman–Crippen MR) is 129 cm³/mol. The molecule has 1 aliphatic heterocycles. The monoisotopic (exact) mass is 524 g/mol. The molecule has 3 amide bonds. The molecule has 5 rings (SSSR count). The number of nitrogens with one attached hydrogen (secondary N) is 1. The lowest BCUT2D eigenvalue weighted by molar-refractivity contribution is -0.123. The Morgan fingerprint density at radius 1 is 1.03 bits per heavy atom. The molecule has 1 heterocycles. The Hall–Kier alpha value is -3.00. The number of nitrogens with zero attached hydrogens (tertiary/aromatic N) is 1. The van der Waals surface area contributed by atoms with Gasteiger partial charge in [0.25, 0.3) is 5.91 Å². The van der Waals surface area contributed by atoms with Gasteiger partial charge in [-0.2, -0.15) is 0 Å². The molecule has 1 N–H and O–H groups in total. The number of halogens is 1. The molecule has 0 unspecified atom stereocenters. The van der Waals surface area contributed by atoms with E-state index in [1.165, 1.54) is 11.0 Å². The third kappa shape index (κ3) is 3.83. The molecule has 0 spiro atoms. The number of imide groups is 1. The maximum Gasteiger partial charge on any atom is 0.338 e. The summed E-state index contributed by atoms with van der Waals surface area (Å²) in [6.07, 6.45) is 2.98. The zero-order valence-electron chi connectivity index (χ0n) is 19.0. The van der Waals surface area contributed by atoms with Crippen LogP contribution in [0.25, 0.3) is 0 Å². The normalized spacial score (nSPS) is 25.0. The summed E-state index contributed by atoms with van der Waals surface area (Å²) >= 11 is 3.49. The van der Waals surface area contributed by atoms with Gasteiger partial charge >= 0.3 is 5.97 Å². The van der Waals surface area contributed by atoms with E-state index in [1.54, 1.807) is 18.2 Å². The van der Waals surface area contributed by atoms with E-state index in [9.17, 15) is 19.2 Å². The van der Waals surface area contributed by atoms with Gasteiger partial charge < -0.3 is 10.1 Å². The summed E-state index contributed by atoms with van der Waals surface area (Å²) in [6.45, 7) is 3.40. The second-order valence-corrected chi connectivity index (χ2v) is 10.3. The summed E-state index contributed by atoms with van der Waals surface area (Å²) < 4.78 is 6.16. The Morgan fingerprint density at radius 3 is 2.26 bits per heavy atom. The van der Waals surface area contributed by atoms with Crippen molar-refractivity contribution in [2.75, 3.05) is 16.8 Å². The van der Waals surface area contributed by atoms with E-state index in [1.807, 2.05) is 26.0 Å². The van der Waals surface area contributed by atoms with E-state index in [-0.39, 0.29) is 29.2 Å². The quantitative estimate of drug-likeness (QED) is 0.462. The van der Waals surface area contributed by atoms with E-state index in [4.69, 9.17) is 4.74 Å². The van der Waals surface area contributed by atoms with Crippen LogP contribution >= 0.6 is 15.9 Å². The lowest BCUT2D eigenvalue weighted by Gasteiger charge is -2.19. The fraction of sp³-hybridized carbons (Fsp3) is 0.385. The summed E-state index contributed by atoms with van der Waals surface area (Å²) in [6, 6.07) is 9.95. The van der Waals surface area contributed by atoms with Gasteiger partial charge in [0.05, 0.1) is 23.1 Å². The number of hydrogen-bond acceptors (Lipinski definition) is 5. The van der Waals surface area contributed by atoms with Gasteiger partial charge in [-0.05, 0) is 86.4 Å². The van der Waals surface area contributed by atoms with Crippen LogP contribution in [0.4, 0.5) is 11.4 Å². The zero-order chi connectivity index (χ0) is 24.1. The third-order valence-corrected chi connectivity index (χ3v) is 8.57. The Labute approximate surface area is 206 Å². The van der Waals surface area contributed by atoms with Crippen LogP contribution < -0.4 is 10.2 Å².